The predicted molar refractivity (Wildman–Crippen MR) is 179 cm³/mol. The molecule has 1 fully saturated rings. The van der Waals surface area contributed by atoms with Crippen molar-refractivity contribution in [3.8, 4) is 0 Å². The molecule has 1 aliphatic rings. The summed E-state index contributed by atoms with van der Waals surface area (Å²) in [4.78, 5) is 82.0. The summed E-state index contributed by atoms with van der Waals surface area (Å²) in [6.07, 6.45) is 1.39. The van der Waals surface area contributed by atoms with Crippen LogP contribution in [0.3, 0.4) is 0 Å². The number of amides is 5. The maximum absolute atomic E-state index is 13.9. The Balaban J connectivity index is 1.86. The molecule has 2 aromatic rings. The Labute approximate surface area is 283 Å². The molecule has 1 saturated heterocycles. The minimum atomic E-state index is -1.22. The standard InChI is InChI=1S/C32H43ClN8O7/c33-18-26(42)38-23(12-13-27(43)44)31(48)41-15-4-3-9-25(41)30(47)40-24(17-19-10-11-20-6-1-2-7-21(20)16-19)29(46)39-22(28(34)45)8-5-14-37-32(35)36/h1-2,6-7,10-11,16,22-25H,3-5,8-9,12-15,17-18H2,(H2,34,45)(H,38,42)(H,39,46)(H,40,47)(H,43,44)(H4,35,36,37)/t22?,23?,24?,25-/m0/s1. The molecule has 0 bridgehead atoms. The first-order valence-corrected chi connectivity index (χ1v) is 16.2. The quantitative estimate of drug-likeness (QED) is 0.0505. The summed E-state index contributed by atoms with van der Waals surface area (Å²) in [5.74, 6) is -5.05. The van der Waals surface area contributed by atoms with E-state index < -0.39 is 72.0 Å². The zero-order chi connectivity index (χ0) is 35.2. The minimum absolute atomic E-state index is 0.0512. The van der Waals surface area contributed by atoms with Crippen LogP contribution in [-0.2, 0) is 35.2 Å². The number of nitrogens with one attached hydrogen (secondary N) is 3. The number of alkyl halides is 1. The van der Waals surface area contributed by atoms with E-state index in [1.807, 2.05) is 42.5 Å². The molecule has 0 radical (unpaired) electrons. The summed E-state index contributed by atoms with van der Waals surface area (Å²) >= 11 is 5.62. The summed E-state index contributed by atoms with van der Waals surface area (Å²) in [5.41, 5.74) is 17.0. The highest BCUT2D eigenvalue weighted by Gasteiger charge is 2.38. The Morgan fingerprint density at radius 3 is 2.31 bits per heavy atom. The van der Waals surface area contributed by atoms with Crippen LogP contribution in [0, 0.1) is 0 Å². The highest BCUT2D eigenvalue weighted by molar-refractivity contribution is 6.27. The number of aliphatic imine (C=N–C) groups is 1. The largest absolute Gasteiger partial charge is 0.481 e. The number of aliphatic carboxylic acids is 1. The first-order valence-electron chi connectivity index (χ1n) is 15.7. The third-order valence-corrected chi connectivity index (χ3v) is 8.22. The lowest BCUT2D eigenvalue weighted by molar-refractivity contribution is -0.146. The molecule has 48 heavy (non-hydrogen) atoms. The number of rotatable bonds is 17. The molecule has 16 heteroatoms. The minimum Gasteiger partial charge on any atom is -0.481 e. The Bertz CT molecular complexity index is 1520. The number of guanidine groups is 1. The second kappa shape index (κ2) is 18.4. The lowest BCUT2D eigenvalue weighted by Crippen LogP contribution is -2.60. The molecule has 5 amide bonds. The van der Waals surface area contributed by atoms with Gasteiger partial charge >= 0.3 is 5.97 Å². The number of hydrogen-bond acceptors (Lipinski definition) is 7. The summed E-state index contributed by atoms with van der Waals surface area (Å²) in [5, 5.41) is 19.0. The van der Waals surface area contributed by atoms with Crippen LogP contribution in [0.5, 0.6) is 0 Å². The van der Waals surface area contributed by atoms with E-state index in [9.17, 15) is 33.9 Å². The normalized spacial score (nSPS) is 16.2. The maximum Gasteiger partial charge on any atom is 0.303 e. The van der Waals surface area contributed by atoms with Gasteiger partial charge in [0.1, 0.15) is 30.0 Å². The number of benzene rings is 2. The smallest absolute Gasteiger partial charge is 0.303 e. The molecular formula is C32H43ClN8O7. The molecule has 15 nitrogen and oxygen atoms in total. The van der Waals surface area contributed by atoms with Gasteiger partial charge in [-0.05, 0) is 54.9 Å². The molecule has 0 saturated carbocycles. The molecule has 260 valence electrons. The van der Waals surface area contributed by atoms with Crippen molar-refractivity contribution in [2.45, 2.75) is 75.5 Å². The van der Waals surface area contributed by atoms with Gasteiger partial charge in [0.15, 0.2) is 5.96 Å². The molecule has 4 atom stereocenters. The van der Waals surface area contributed by atoms with Crippen molar-refractivity contribution in [1.29, 1.82) is 0 Å². The number of primary amides is 1. The number of carboxylic acids is 1. The zero-order valence-corrected chi connectivity index (χ0v) is 27.3. The number of fused-ring (bicyclic) bond motifs is 1. The van der Waals surface area contributed by atoms with Crippen LogP contribution in [0.4, 0.5) is 0 Å². The zero-order valence-electron chi connectivity index (χ0n) is 26.5. The number of piperidine rings is 1. The second-order valence-electron chi connectivity index (χ2n) is 11.6. The second-order valence-corrected chi connectivity index (χ2v) is 11.9. The van der Waals surface area contributed by atoms with Gasteiger partial charge in [-0.2, -0.15) is 0 Å². The number of carbonyl (C=O) groups is 6. The van der Waals surface area contributed by atoms with Gasteiger partial charge in [0.05, 0.1) is 0 Å². The van der Waals surface area contributed by atoms with Crippen molar-refractivity contribution in [2.75, 3.05) is 19.0 Å². The van der Waals surface area contributed by atoms with Gasteiger partial charge in [-0.15, -0.1) is 11.6 Å². The molecule has 0 aliphatic carbocycles. The van der Waals surface area contributed by atoms with Gasteiger partial charge in [0, 0.05) is 25.9 Å². The van der Waals surface area contributed by atoms with Crippen molar-refractivity contribution < 1.29 is 33.9 Å². The Morgan fingerprint density at radius 1 is 0.917 bits per heavy atom. The molecule has 3 unspecified atom stereocenters. The lowest BCUT2D eigenvalue weighted by Gasteiger charge is -2.37. The Morgan fingerprint density at radius 2 is 1.65 bits per heavy atom. The van der Waals surface area contributed by atoms with Crippen molar-refractivity contribution >= 4 is 63.8 Å². The van der Waals surface area contributed by atoms with Crippen LogP contribution in [-0.4, -0.2) is 94.6 Å². The summed E-state index contributed by atoms with van der Waals surface area (Å²) in [7, 11) is 0. The third kappa shape index (κ3) is 11.4. The van der Waals surface area contributed by atoms with Crippen LogP contribution in [0.15, 0.2) is 47.5 Å². The number of carbonyl (C=O) groups excluding carboxylic acids is 5. The average molecular weight is 687 g/mol. The number of carboxylic acid groups (broad SMARTS) is 1. The first-order chi connectivity index (χ1) is 22.9. The lowest BCUT2D eigenvalue weighted by atomic mass is 9.97. The van der Waals surface area contributed by atoms with Crippen molar-refractivity contribution in [3.63, 3.8) is 0 Å². The fraction of sp³-hybridized carbons (Fsp3) is 0.469. The van der Waals surface area contributed by atoms with E-state index in [4.69, 9.17) is 28.8 Å². The topological polar surface area (TPSA) is 252 Å². The summed E-state index contributed by atoms with van der Waals surface area (Å²) < 4.78 is 0. The Hall–Kier alpha value is -4.92. The number of nitrogens with zero attached hydrogens (tertiary/aromatic N) is 2. The van der Waals surface area contributed by atoms with Crippen LogP contribution in [0.1, 0.15) is 50.5 Å². The van der Waals surface area contributed by atoms with Gasteiger partial charge < -0.3 is 43.2 Å². The van der Waals surface area contributed by atoms with Crippen molar-refractivity contribution in [3.05, 3.63) is 48.0 Å². The van der Waals surface area contributed by atoms with Crippen LogP contribution < -0.4 is 33.2 Å². The van der Waals surface area contributed by atoms with Gasteiger partial charge in [-0.25, -0.2) is 0 Å². The third-order valence-electron chi connectivity index (χ3n) is 7.98. The van der Waals surface area contributed by atoms with E-state index in [1.54, 1.807) is 0 Å². The van der Waals surface area contributed by atoms with Gasteiger partial charge in [0.25, 0.3) is 0 Å². The molecular weight excluding hydrogens is 644 g/mol. The van der Waals surface area contributed by atoms with Crippen molar-refractivity contribution in [2.24, 2.45) is 22.2 Å². The van der Waals surface area contributed by atoms with Gasteiger partial charge in [-0.1, -0.05) is 42.5 Å². The first kappa shape index (κ1) is 37.5. The molecule has 10 N–H and O–H groups in total. The van der Waals surface area contributed by atoms with E-state index >= 15 is 0 Å². The van der Waals surface area contributed by atoms with E-state index in [-0.39, 0.29) is 44.7 Å². The fourth-order valence-electron chi connectivity index (χ4n) is 5.57. The van der Waals surface area contributed by atoms with Crippen LogP contribution >= 0.6 is 11.6 Å². The van der Waals surface area contributed by atoms with E-state index in [0.717, 1.165) is 16.3 Å². The van der Waals surface area contributed by atoms with Gasteiger partial charge in [-0.3, -0.25) is 33.8 Å². The molecule has 0 aromatic heterocycles. The monoisotopic (exact) mass is 686 g/mol. The molecule has 1 aliphatic heterocycles. The van der Waals surface area contributed by atoms with E-state index in [2.05, 4.69) is 20.9 Å². The highest BCUT2D eigenvalue weighted by Crippen LogP contribution is 2.21. The number of nitrogens with two attached hydrogens (primary N) is 3. The maximum atomic E-state index is 13.9. The van der Waals surface area contributed by atoms with E-state index in [0.29, 0.717) is 19.3 Å². The molecule has 3 rings (SSSR count). The van der Waals surface area contributed by atoms with Crippen LogP contribution in [0.25, 0.3) is 10.8 Å². The highest BCUT2D eigenvalue weighted by atomic mass is 35.5. The average Bonchev–Trinajstić information content (AvgIpc) is 3.06. The van der Waals surface area contributed by atoms with Gasteiger partial charge in [0.2, 0.25) is 29.5 Å². The summed E-state index contributed by atoms with van der Waals surface area (Å²) in [6.45, 7) is 0.391. The molecule has 0 spiro atoms. The van der Waals surface area contributed by atoms with Crippen LogP contribution in [0.2, 0.25) is 0 Å². The number of hydrogen-bond donors (Lipinski definition) is 7. The number of halogens is 1. The molecule has 1 heterocycles. The molecule has 2 aromatic carbocycles. The predicted octanol–water partition coefficient (Wildman–Crippen LogP) is -0.140. The fourth-order valence-corrected chi connectivity index (χ4v) is 5.64. The van der Waals surface area contributed by atoms with Crippen molar-refractivity contribution in [1.82, 2.24) is 20.9 Å². The summed E-state index contributed by atoms with van der Waals surface area (Å²) in [6, 6.07) is 8.80. The van der Waals surface area contributed by atoms with E-state index in [1.165, 1.54) is 4.90 Å². The number of likely N-dealkylation sites (tertiary alicyclic amines) is 1. The SMILES string of the molecule is NC(=O)C(CCCN=C(N)N)NC(=O)C(Cc1ccc2ccccc2c1)NC(=O)[C@@H]1CCCCN1C(=O)C(CCC(=O)O)NC(=O)CCl. The Kier molecular flexibility index (Phi) is 14.4.